The number of aliphatic hydroxyl groups excluding tert-OH is 2. The van der Waals surface area contributed by atoms with Crippen LogP contribution in [0.1, 0.15) is 70.0 Å². The van der Waals surface area contributed by atoms with E-state index in [1.807, 2.05) is 6.07 Å². The molecule has 9 atom stereocenters. The number of hydrogen-bond acceptors (Lipinski definition) is 14. The Hall–Kier alpha value is -5.90. The Labute approximate surface area is 349 Å². The van der Waals surface area contributed by atoms with Crippen LogP contribution in [0.2, 0.25) is 0 Å². The molecule has 1 amide bonds. The average Bonchev–Trinajstić information content (AvgIpc) is 3.49. The van der Waals surface area contributed by atoms with Crippen LogP contribution in [0.5, 0.6) is 23.0 Å². The van der Waals surface area contributed by atoms with Gasteiger partial charge in [0.1, 0.15) is 23.4 Å². The van der Waals surface area contributed by atoms with Gasteiger partial charge in [0.15, 0.2) is 5.75 Å². The van der Waals surface area contributed by atoms with Crippen LogP contribution in [0, 0.1) is 30.6 Å². The van der Waals surface area contributed by atoms with Crippen LogP contribution >= 0.6 is 0 Å². The summed E-state index contributed by atoms with van der Waals surface area (Å²) in [6.07, 6.45) is 4.68. The number of ether oxygens (including phenoxy) is 4. The van der Waals surface area contributed by atoms with Crippen molar-refractivity contribution >= 4 is 46.0 Å². The number of phenols is 3. The van der Waals surface area contributed by atoms with E-state index in [0.29, 0.717) is 5.69 Å². The summed E-state index contributed by atoms with van der Waals surface area (Å²) < 4.78 is 23.6. The van der Waals surface area contributed by atoms with Gasteiger partial charge in [-0.15, -0.1) is 0 Å². The number of carbonyl (C=O) groups is 3. The number of hydrogen-bond donors (Lipinski definition) is 6. The molecule has 3 aliphatic heterocycles. The number of amides is 1. The molecular weight excluding hydrogens is 775 g/mol. The molecule has 322 valence electrons. The normalized spacial score (nSPS) is 29.7. The van der Waals surface area contributed by atoms with Crippen LogP contribution in [-0.2, 0) is 23.8 Å². The van der Waals surface area contributed by atoms with Crippen LogP contribution in [0.3, 0.4) is 0 Å². The molecule has 0 fully saturated rings. The Kier molecular flexibility index (Phi) is 13.7. The van der Waals surface area contributed by atoms with Crippen molar-refractivity contribution in [1.29, 1.82) is 0 Å². The van der Waals surface area contributed by atoms with E-state index in [0.717, 1.165) is 0 Å². The first-order chi connectivity index (χ1) is 28.2. The second-order valence-electron chi connectivity index (χ2n) is 15.7. The number of phenolic OH excluding ortho intramolecular Hbond substituents is 3. The number of rotatable bonds is 5. The molecule has 3 aromatic rings. The quantitative estimate of drug-likeness (QED) is 0.0554. The van der Waals surface area contributed by atoms with Gasteiger partial charge < -0.3 is 49.8 Å². The van der Waals surface area contributed by atoms with E-state index < -0.39 is 88.8 Å². The van der Waals surface area contributed by atoms with Crippen molar-refractivity contribution in [3.05, 3.63) is 83.2 Å². The number of esters is 1. The highest BCUT2D eigenvalue weighted by Crippen LogP contribution is 2.55. The lowest BCUT2D eigenvalue weighted by molar-refractivity contribution is -0.160. The molecule has 6 rings (SSSR count). The van der Waals surface area contributed by atoms with E-state index >= 15 is 0 Å². The number of ketones is 1. The number of aliphatic hydroxyl groups is 2. The minimum Gasteiger partial charge on any atom is -0.507 e. The molecule has 0 aromatic heterocycles. The zero-order valence-corrected chi connectivity index (χ0v) is 35.5. The highest BCUT2D eigenvalue weighted by molar-refractivity contribution is 6.24. The number of carbonyl (C=O) groups excluding carboxylic acids is 3. The van der Waals surface area contributed by atoms with Gasteiger partial charge in [0, 0.05) is 68.2 Å². The van der Waals surface area contributed by atoms with Gasteiger partial charge in [-0.1, -0.05) is 64.1 Å². The van der Waals surface area contributed by atoms with Gasteiger partial charge in [0.25, 0.3) is 11.7 Å². The van der Waals surface area contributed by atoms with Crippen LogP contribution in [0.25, 0.3) is 10.8 Å². The third-order valence-electron chi connectivity index (χ3n) is 11.5. The summed E-state index contributed by atoms with van der Waals surface area (Å²) in [6.45, 7) is 12.5. The lowest BCUT2D eigenvalue weighted by Gasteiger charge is -2.38. The Morgan fingerprint density at radius 2 is 1.60 bits per heavy atom. The van der Waals surface area contributed by atoms with Gasteiger partial charge in [0.2, 0.25) is 0 Å². The summed E-state index contributed by atoms with van der Waals surface area (Å²) in [7, 11) is 3.08. The number of nitrogens with one attached hydrogen (secondary N) is 1. The fourth-order valence-electron chi connectivity index (χ4n) is 7.73. The average molecular weight is 830 g/mol. The Morgan fingerprint density at radius 3 is 2.23 bits per heavy atom. The van der Waals surface area contributed by atoms with E-state index in [1.54, 1.807) is 71.2 Å². The number of nitrogens with zero attached hydrogens (tertiary/aromatic N) is 2. The van der Waals surface area contributed by atoms with E-state index in [4.69, 9.17) is 18.9 Å². The van der Waals surface area contributed by atoms with Crippen molar-refractivity contribution in [1.82, 2.24) is 0 Å². The number of benzene rings is 3. The topological polar surface area (TPSA) is 217 Å². The lowest BCUT2D eigenvalue weighted by atomic mass is 9.78. The van der Waals surface area contributed by atoms with E-state index in [1.165, 1.54) is 64.4 Å². The summed E-state index contributed by atoms with van der Waals surface area (Å²) in [4.78, 5) is 40.5. The number of Topliss-reactive ketones (excluding diaryl/α,β-unsaturated/α-hetero) is 1. The van der Waals surface area contributed by atoms with Crippen molar-refractivity contribution in [2.45, 2.75) is 85.6 Å². The second-order valence-corrected chi connectivity index (χ2v) is 15.7. The molecule has 0 unspecified atom stereocenters. The number of aromatic hydroxyl groups is 3. The van der Waals surface area contributed by atoms with E-state index in [9.17, 15) is 39.9 Å². The molecule has 15 heteroatoms. The molecule has 0 spiro atoms. The van der Waals surface area contributed by atoms with E-state index in [-0.39, 0.29) is 44.5 Å². The van der Waals surface area contributed by atoms with Gasteiger partial charge in [-0.05, 0) is 32.1 Å². The van der Waals surface area contributed by atoms with Crippen LogP contribution in [0.4, 0.5) is 11.4 Å². The monoisotopic (exact) mass is 829 g/mol. The summed E-state index contributed by atoms with van der Waals surface area (Å²) in [6, 6.07) is 9.03. The standard InChI is InChI=1S/C45H55N3O12/c1-22-15-14-16-23(2)44(56)47-35-30(21-46-48(9)29-17-12-11-13-18-29)39(53)32-33(40(35)54)38(52)27(6)42-34(32)43(55)45(8,60-42)58-20-19-31(57-10)24(3)41(59-28(7)49)26(5)37(51)25(4)36(22)50/h11-22,24-26,31,36-37,41,50-54H,1-10H3,(H,47,56)/b15-14+,20-19+,23-16+,46-21+/t22-,24+,25+,26+,31-,36-,37+,41+,45-/m0/s1. The van der Waals surface area contributed by atoms with Crippen LogP contribution in [0.15, 0.2) is 71.6 Å². The minimum atomic E-state index is -2.06. The zero-order valence-electron chi connectivity index (χ0n) is 35.5. The number of hydrazone groups is 1. The van der Waals surface area contributed by atoms with Crippen molar-refractivity contribution < 1.29 is 58.9 Å². The summed E-state index contributed by atoms with van der Waals surface area (Å²) in [5.41, 5.74) is 0.150. The Bertz CT molecular complexity index is 2250. The highest BCUT2D eigenvalue weighted by Gasteiger charge is 2.50. The first-order valence-corrected chi connectivity index (χ1v) is 19.7. The molecule has 0 saturated heterocycles. The van der Waals surface area contributed by atoms with Crippen LogP contribution in [-0.4, -0.2) is 93.8 Å². The SMILES string of the molecule is CO[C@H]1/C=C/O[C@@]2(C)Oc3c(C)c(O)c4c(O)c(c(/C=N/N(C)c5ccccc5)c(O)c4c3C2=O)NC(=O)/C(C)=C/C=C/[C@H](C)[C@H](O)[C@@H](C)[C@@H](O)[C@@H](C)[C@H](OC(C)=O)[C@@H]1C. The van der Waals surface area contributed by atoms with Crippen LogP contribution < -0.4 is 15.1 Å². The van der Waals surface area contributed by atoms with Crippen molar-refractivity contribution in [3.8, 4) is 23.0 Å². The van der Waals surface area contributed by atoms with Gasteiger partial charge in [-0.3, -0.25) is 19.4 Å². The van der Waals surface area contributed by atoms with Gasteiger partial charge in [0.05, 0.1) is 58.7 Å². The van der Waals surface area contributed by atoms with Crippen molar-refractivity contribution in [2.75, 3.05) is 24.5 Å². The number of allylic oxidation sites excluding steroid dienone is 2. The first kappa shape index (κ1) is 45.2. The predicted molar refractivity (Wildman–Crippen MR) is 226 cm³/mol. The Balaban J connectivity index is 1.73. The number of anilines is 2. The fourth-order valence-corrected chi connectivity index (χ4v) is 7.73. The molecule has 6 N–H and O–H groups in total. The zero-order chi connectivity index (χ0) is 44.4. The lowest BCUT2D eigenvalue weighted by Crippen LogP contribution is -2.46. The molecule has 15 nitrogen and oxygen atoms in total. The first-order valence-electron chi connectivity index (χ1n) is 19.7. The summed E-state index contributed by atoms with van der Waals surface area (Å²) >= 11 is 0. The van der Waals surface area contributed by atoms with Gasteiger partial charge in [-0.25, -0.2) is 0 Å². The molecule has 3 aliphatic rings. The molecular formula is C45H55N3O12. The molecule has 60 heavy (non-hydrogen) atoms. The van der Waals surface area contributed by atoms with E-state index in [2.05, 4.69) is 10.4 Å². The predicted octanol–water partition coefficient (Wildman–Crippen LogP) is 6.22. The second kappa shape index (κ2) is 18.2. The fraction of sp³-hybridized carbons (Fsp3) is 0.422. The largest absolute Gasteiger partial charge is 0.507 e. The van der Waals surface area contributed by atoms with Gasteiger partial charge >= 0.3 is 11.8 Å². The summed E-state index contributed by atoms with van der Waals surface area (Å²) in [5.74, 6) is -8.57. The van der Waals surface area contributed by atoms with Gasteiger partial charge in [-0.2, -0.15) is 5.10 Å². The maximum absolute atomic E-state index is 14.4. The maximum atomic E-state index is 14.4. The third-order valence-corrected chi connectivity index (χ3v) is 11.5. The number of para-hydroxylation sites is 1. The van der Waals surface area contributed by atoms with Crippen molar-refractivity contribution in [3.63, 3.8) is 0 Å². The molecule has 3 heterocycles. The highest BCUT2D eigenvalue weighted by atomic mass is 16.7. The Morgan fingerprint density at radius 1 is 0.933 bits per heavy atom. The number of methoxy groups -OCH3 is 1. The molecule has 0 aliphatic carbocycles. The smallest absolute Gasteiger partial charge is 0.312 e. The molecule has 0 radical (unpaired) electrons. The van der Waals surface area contributed by atoms with Crippen molar-refractivity contribution in [2.24, 2.45) is 28.8 Å². The summed E-state index contributed by atoms with van der Waals surface area (Å²) in [5, 5.41) is 66.5. The molecule has 0 saturated carbocycles. The number of fused-ring (bicyclic) bond motifs is 14. The maximum Gasteiger partial charge on any atom is 0.312 e. The third kappa shape index (κ3) is 8.69. The molecule has 3 aromatic carbocycles. The molecule has 5 bridgehead atoms. The minimum absolute atomic E-state index is 0.0387.